The number of benzene rings is 1. The Bertz CT molecular complexity index is 603. The summed E-state index contributed by atoms with van der Waals surface area (Å²) in [6, 6.07) is 7.41. The molecule has 0 bridgehead atoms. The van der Waals surface area contributed by atoms with E-state index in [4.69, 9.17) is 0 Å². The first-order valence-corrected chi connectivity index (χ1v) is 6.58. The fourth-order valence-corrected chi connectivity index (χ4v) is 2.38. The summed E-state index contributed by atoms with van der Waals surface area (Å²) in [5.41, 5.74) is 1.05. The Morgan fingerprint density at radius 2 is 2.35 bits per heavy atom. The van der Waals surface area contributed by atoms with Gasteiger partial charge in [-0.15, -0.1) is 10.2 Å². The van der Waals surface area contributed by atoms with Crippen LogP contribution in [0, 0.1) is 0 Å². The molecule has 1 saturated heterocycles. The van der Waals surface area contributed by atoms with Gasteiger partial charge in [-0.3, -0.25) is 4.79 Å². The summed E-state index contributed by atoms with van der Waals surface area (Å²) in [7, 11) is 0. The third kappa shape index (κ3) is 2.39. The van der Waals surface area contributed by atoms with E-state index in [1.165, 1.54) is 0 Å². The third-order valence-corrected chi connectivity index (χ3v) is 3.59. The highest BCUT2D eigenvalue weighted by Gasteiger charge is 2.35. The number of hydrogen-bond donors (Lipinski definition) is 3. The van der Waals surface area contributed by atoms with E-state index < -0.39 is 5.54 Å². The van der Waals surface area contributed by atoms with Crippen LogP contribution < -0.4 is 10.6 Å². The Hall–Kier alpha value is -2.28. The average molecular weight is 272 g/mol. The number of rotatable bonds is 3. The second-order valence-corrected chi connectivity index (χ2v) is 5.13. The molecule has 7 heteroatoms. The quantitative estimate of drug-likeness (QED) is 0.773. The zero-order valence-corrected chi connectivity index (χ0v) is 11.2. The number of nitrogens with zero attached hydrogens (tertiary/aromatic N) is 3. The van der Waals surface area contributed by atoms with Crippen molar-refractivity contribution in [3.05, 3.63) is 24.3 Å². The van der Waals surface area contributed by atoms with Crippen molar-refractivity contribution in [2.45, 2.75) is 25.3 Å². The molecule has 1 fully saturated rings. The number of amides is 1. The highest BCUT2D eigenvalue weighted by Crippen LogP contribution is 2.23. The number of aromatic nitrogens is 4. The van der Waals surface area contributed by atoms with Crippen molar-refractivity contribution in [3.63, 3.8) is 0 Å². The summed E-state index contributed by atoms with van der Waals surface area (Å²) in [6.45, 7) is 2.81. The molecular formula is C13H16N6O. The minimum atomic E-state index is -0.484. The van der Waals surface area contributed by atoms with E-state index in [1.807, 2.05) is 31.2 Å². The zero-order chi connectivity index (χ0) is 14.0. The van der Waals surface area contributed by atoms with Gasteiger partial charge in [-0.1, -0.05) is 12.1 Å². The van der Waals surface area contributed by atoms with Gasteiger partial charge in [0.1, 0.15) is 0 Å². The van der Waals surface area contributed by atoms with Gasteiger partial charge >= 0.3 is 0 Å². The molecule has 7 nitrogen and oxygen atoms in total. The van der Waals surface area contributed by atoms with Crippen LogP contribution in [0.3, 0.4) is 0 Å². The van der Waals surface area contributed by atoms with Crippen LogP contribution >= 0.6 is 0 Å². The van der Waals surface area contributed by atoms with Crippen LogP contribution in [0.15, 0.2) is 24.3 Å². The van der Waals surface area contributed by atoms with E-state index >= 15 is 0 Å². The normalized spacial score (nSPS) is 21.9. The number of anilines is 1. The summed E-state index contributed by atoms with van der Waals surface area (Å²) in [5, 5.41) is 20.0. The molecule has 3 rings (SSSR count). The molecule has 0 saturated carbocycles. The number of tetrazole rings is 1. The molecule has 0 spiro atoms. The van der Waals surface area contributed by atoms with Crippen molar-refractivity contribution in [1.29, 1.82) is 0 Å². The second kappa shape index (κ2) is 5.01. The second-order valence-electron chi connectivity index (χ2n) is 5.13. The fourth-order valence-electron chi connectivity index (χ4n) is 2.38. The average Bonchev–Trinajstić information content (AvgIpc) is 3.11. The van der Waals surface area contributed by atoms with Gasteiger partial charge in [0.25, 0.3) is 0 Å². The number of carbonyl (C=O) groups is 1. The van der Waals surface area contributed by atoms with E-state index in [0.29, 0.717) is 5.82 Å². The van der Waals surface area contributed by atoms with E-state index in [9.17, 15) is 4.79 Å². The Labute approximate surface area is 116 Å². The Balaban J connectivity index is 1.78. The highest BCUT2D eigenvalue weighted by molar-refractivity contribution is 5.98. The summed E-state index contributed by atoms with van der Waals surface area (Å²) in [4.78, 5) is 12.3. The van der Waals surface area contributed by atoms with E-state index in [-0.39, 0.29) is 5.91 Å². The summed E-state index contributed by atoms with van der Waals surface area (Å²) < 4.78 is 0. The van der Waals surface area contributed by atoms with E-state index in [2.05, 4.69) is 31.3 Å². The van der Waals surface area contributed by atoms with Crippen LogP contribution in [-0.2, 0) is 4.79 Å². The number of hydrogen-bond acceptors (Lipinski definition) is 5. The number of H-pyrrole nitrogens is 1. The van der Waals surface area contributed by atoms with Gasteiger partial charge in [0.15, 0.2) is 0 Å². The molecule has 20 heavy (non-hydrogen) atoms. The molecule has 1 unspecified atom stereocenters. The van der Waals surface area contributed by atoms with Gasteiger partial charge in [0.2, 0.25) is 11.7 Å². The summed E-state index contributed by atoms with van der Waals surface area (Å²) in [6.07, 6.45) is 1.87. The molecule has 0 radical (unpaired) electrons. The minimum absolute atomic E-state index is 0.0136. The molecule has 2 aromatic rings. The predicted molar refractivity (Wildman–Crippen MR) is 73.9 cm³/mol. The smallest absolute Gasteiger partial charge is 0.244 e. The lowest BCUT2D eigenvalue weighted by atomic mass is 9.99. The van der Waals surface area contributed by atoms with Crippen molar-refractivity contribution < 1.29 is 4.79 Å². The van der Waals surface area contributed by atoms with Gasteiger partial charge in [0.05, 0.1) is 5.54 Å². The van der Waals surface area contributed by atoms with Crippen LogP contribution in [0.5, 0.6) is 0 Å². The van der Waals surface area contributed by atoms with Crippen LogP contribution in [0.25, 0.3) is 11.4 Å². The molecule has 1 atom stereocenters. The largest absolute Gasteiger partial charge is 0.324 e. The first-order valence-electron chi connectivity index (χ1n) is 6.58. The van der Waals surface area contributed by atoms with Crippen LogP contribution in [0.2, 0.25) is 0 Å². The van der Waals surface area contributed by atoms with Crippen molar-refractivity contribution in [2.75, 3.05) is 11.9 Å². The van der Waals surface area contributed by atoms with Crippen molar-refractivity contribution >= 4 is 11.6 Å². The topological polar surface area (TPSA) is 95.6 Å². The SMILES string of the molecule is CC1(C(=O)Nc2cccc(-c3nn[nH]n3)c2)CCCN1. The maximum absolute atomic E-state index is 12.3. The van der Waals surface area contributed by atoms with Crippen molar-refractivity contribution in [1.82, 2.24) is 25.9 Å². The fraction of sp³-hybridized carbons (Fsp3) is 0.385. The van der Waals surface area contributed by atoms with E-state index in [0.717, 1.165) is 30.6 Å². The number of carbonyl (C=O) groups excluding carboxylic acids is 1. The zero-order valence-electron chi connectivity index (χ0n) is 11.2. The Morgan fingerprint density at radius 1 is 1.45 bits per heavy atom. The molecule has 2 heterocycles. The minimum Gasteiger partial charge on any atom is -0.324 e. The van der Waals surface area contributed by atoms with E-state index in [1.54, 1.807) is 0 Å². The highest BCUT2D eigenvalue weighted by atomic mass is 16.2. The molecule has 1 amide bonds. The maximum Gasteiger partial charge on any atom is 0.244 e. The summed E-state index contributed by atoms with van der Waals surface area (Å²) in [5.74, 6) is 0.492. The van der Waals surface area contributed by atoms with Crippen LogP contribution in [-0.4, -0.2) is 38.6 Å². The predicted octanol–water partition coefficient (Wildman–Crippen LogP) is 0.947. The lowest BCUT2D eigenvalue weighted by Gasteiger charge is -2.23. The van der Waals surface area contributed by atoms with Gasteiger partial charge in [0, 0.05) is 11.3 Å². The Kier molecular flexibility index (Phi) is 3.19. The molecule has 3 N–H and O–H groups in total. The molecule has 1 aliphatic heterocycles. The molecule has 104 valence electrons. The van der Waals surface area contributed by atoms with Crippen LogP contribution in [0.1, 0.15) is 19.8 Å². The molecule has 0 aliphatic carbocycles. The number of aromatic amines is 1. The molecule has 1 aliphatic rings. The van der Waals surface area contributed by atoms with Gasteiger partial charge in [-0.25, -0.2) is 0 Å². The maximum atomic E-state index is 12.3. The van der Waals surface area contributed by atoms with Gasteiger partial charge in [-0.2, -0.15) is 5.21 Å². The first kappa shape index (κ1) is 12.7. The Morgan fingerprint density at radius 3 is 3.05 bits per heavy atom. The molecule has 1 aromatic heterocycles. The summed E-state index contributed by atoms with van der Waals surface area (Å²) >= 11 is 0. The van der Waals surface area contributed by atoms with Crippen LogP contribution in [0.4, 0.5) is 5.69 Å². The monoisotopic (exact) mass is 272 g/mol. The number of nitrogens with one attached hydrogen (secondary N) is 3. The third-order valence-electron chi connectivity index (χ3n) is 3.59. The van der Waals surface area contributed by atoms with Crippen molar-refractivity contribution in [2.24, 2.45) is 0 Å². The standard InChI is InChI=1S/C13H16N6O/c1-13(6-3-7-14-13)12(20)15-10-5-2-4-9(8-10)11-16-18-19-17-11/h2,4-5,8,14H,3,6-7H2,1H3,(H,15,20)(H,16,17,18,19). The lowest BCUT2D eigenvalue weighted by Crippen LogP contribution is -2.47. The molecular weight excluding hydrogens is 256 g/mol. The van der Waals surface area contributed by atoms with Gasteiger partial charge < -0.3 is 10.6 Å². The molecule has 1 aromatic carbocycles. The first-order chi connectivity index (χ1) is 9.67. The lowest BCUT2D eigenvalue weighted by molar-refractivity contribution is -0.121. The van der Waals surface area contributed by atoms with Gasteiger partial charge in [-0.05, 0) is 43.7 Å². The van der Waals surface area contributed by atoms with Crippen molar-refractivity contribution in [3.8, 4) is 11.4 Å².